The van der Waals surface area contributed by atoms with Gasteiger partial charge in [-0.05, 0) is 216 Å². The Labute approximate surface area is 847 Å². The highest BCUT2D eigenvalue weighted by molar-refractivity contribution is 6.27. The number of benzene rings is 24. The first-order chi connectivity index (χ1) is 72.9. The molecule has 10 nitrogen and oxygen atoms in total. The van der Waals surface area contributed by atoms with E-state index in [0.29, 0.717) is 35.1 Å². The van der Waals surface area contributed by atoms with Crippen molar-refractivity contribution in [2.24, 2.45) is 0 Å². The Kier molecular flexibility index (Phi) is 21.7. The molecule has 0 fully saturated rings. The van der Waals surface area contributed by atoms with Crippen molar-refractivity contribution in [3.63, 3.8) is 0 Å². The van der Waals surface area contributed by atoms with Crippen molar-refractivity contribution in [2.75, 3.05) is 0 Å². The molecule has 0 amide bonds. The summed E-state index contributed by atoms with van der Waals surface area (Å²) in [7, 11) is 0. The Morgan fingerprint density at radius 1 is 0.136 bits per heavy atom. The average molecular weight is 1870 g/mol. The maximum absolute atomic E-state index is 5.17. The van der Waals surface area contributed by atoms with Crippen LogP contribution in [0.3, 0.4) is 0 Å². The smallest absolute Gasteiger partial charge is 0.238 e. The van der Waals surface area contributed by atoms with E-state index >= 15 is 0 Å². The highest BCUT2D eigenvalue weighted by Gasteiger charge is 2.27. The number of imidazole rings is 1. The molecule has 0 saturated heterocycles. The molecule has 24 aromatic carbocycles. The molecule has 29 aromatic rings. The van der Waals surface area contributed by atoms with Crippen LogP contribution in [0, 0.1) is 0 Å². The second-order valence-electron chi connectivity index (χ2n) is 37.3. The van der Waals surface area contributed by atoms with E-state index in [1.807, 2.05) is 121 Å². The van der Waals surface area contributed by atoms with Gasteiger partial charge in [0.2, 0.25) is 5.95 Å². The summed E-state index contributed by atoms with van der Waals surface area (Å²) in [5.74, 6) is 4.75. The van der Waals surface area contributed by atoms with Gasteiger partial charge in [0.05, 0.1) is 33.1 Å². The zero-order valence-corrected chi connectivity index (χ0v) is 79.8. The maximum Gasteiger partial charge on any atom is 0.238 e. The zero-order chi connectivity index (χ0) is 97.2. The molecular formula is C137H88N10. The van der Waals surface area contributed by atoms with Gasteiger partial charge < -0.3 is 4.57 Å². The Hall–Kier alpha value is -19.8. The second-order valence-corrected chi connectivity index (χ2v) is 37.3. The van der Waals surface area contributed by atoms with Crippen molar-refractivity contribution in [2.45, 2.75) is 0 Å². The van der Waals surface area contributed by atoms with E-state index in [0.717, 1.165) is 111 Å². The first-order valence-corrected chi connectivity index (χ1v) is 49.8. The molecule has 5 heterocycles. The summed E-state index contributed by atoms with van der Waals surface area (Å²) >= 11 is 0. The topological polar surface area (TPSA) is 105 Å². The number of rotatable bonds is 14. The van der Waals surface area contributed by atoms with E-state index in [9.17, 15) is 0 Å². The van der Waals surface area contributed by atoms with Gasteiger partial charge in [-0.25, -0.2) is 24.9 Å². The van der Waals surface area contributed by atoms with Gasteiger partial charge in [-0.15, -0.1) is 0 Å². The molecule has 0 unspecified atom stereocenters. The van der Waals surface area contributed by atoms with Crippen molar-refractivity contribution in [1.82, 2.24) is 48.6 Å². The molecule has 686 valence electrons. The van der Waals surface area contributed by atoms with Crippen molar-refractivity contribution < 1.29 is 0 Å². The van der Waals surface area contributed by atoms with Gasteiger partial charge >= 0.3 is 0 Å². The number of aromatic nitrogens is 10. The lowest BCUT2D eigenvalue weighted by atomic mass is 9.84. The Bertz CT molecular complexity index is 10000. The van der Waals surface area contributed by atoms with E-state index in [4.69, 9.17) is 34.9 Å². The van der Waals surface area contributed by atoms with Crippen LogP contribution in [0.2, 0.25) is 0 Å². The predicted molar refractivity (Wildman–Crippen MR) is 612 cm³/mol. The van der Waals surface area contributed by atoms with Crippen LogP contribution in [0.1, 0.15) is 0 Å². The van der Waals surface area contributed by atoms with E-state index in [1.54, 1.807) is 0 Å². The molecule has 0 bridgehead atoms. The minimum atomic E-state index is 0.585. The molecule has 0 aliphatic heterocycles. The molecule has 147 heavy (non-hydrogen) atoms. The fourth-order valence-corrected chi connectivity index (χ4v) is 21.7. The summed E-state index contributed by atoms with van der Waals surface area (Å²) in [6, 6.07) is 189. The first kappa shape index (κ1) is 86.3. The van der Waals surface area contributed by atoms with Gasteiger partial charge in [0, 0.05) is 66.3 Å². The molecule has 0 spiro atoms. The average Bonchev–Trinajstić information content (AvgIpc) is 1.55. The molecule has 29 rings (SSSR count). The van der Waals surface area contributed by atoms with Crippen LogP contribution in [0.25, 0.3) is 271 Å². The zero-order valence-electron chi connectivity index (χ0n) is 79.8. The number of hydrogen-bond acceptors (Lipinski definition) is 7. The SMILES string of the molecule is c1ccc(-c2nc(-c3ccccc3)nc(-c3cccc(-c4cccc(-c5ccc6c7ccccc7c7ccccc7c6c5)c4)c3)n2)cc1.c1ccc(-c2nc(-c3ccccc3)nc(-n3c4ccccc4c4ccc5c6ccccc6n(-c6ccccc6)c5c43)n2)cc1.c1ccc(-n2c(-c3ccc(-c4ccc5c(-c6ccc7ccccc7c6)c6ccccc6c(-c6ccc7ccccc7c6)c5c4)cc3)nc3ccccc32)cc1. The van der Waals surface area contributed by atoms with Gasteiger partial charge in [-0.2, -0.15) is 9.97 Å². The molecular weight excluding hydrogens is 1790 g/mol. The summed E-state index contributed by atoms with van der Waals surface area (Å²) in [4.78, 5) is 35.2. The maximum atomic E-state index is 5.17. The molecule has 0 atom stereocenters. The fourth-order valence-electron chi connectivity index (χ4n) is 21.7. The van der Waals surface area contributed by atoms with Gasteiger partial charge in [0.1, 0.15) is 5.82 Å². The third-order valence-corrected chi connectivity index (χ3v) is 28.6. The molecule has 0 N–H and O–H groups in total. The summed E-state index contributed by atoms with van der Waals surface area (Å²) in [5, 5.41) is 22.3. The molecule has 0 radical (unpaired) electrons. The van der Waals surface area contributed by atoms with Gasteiger partial charge in [-0.1, -0.05) is 449 Å². The number of nitrogens with zero attached hydrogens (tertiary/aromatic N) is 10. The highest BCUT2D eigenvalue weighted by atomic mass is 15.2. The van der Waals surface area contributed by atoms with E-state index in [2.05, 4.69) is 426 Å². The van der Waals surface area contributed by atoms with Crippen LogP contribution in [0.15, 0.2) is 534 Å². The third kappa shape index (κ3) is 15.8. The molecule has 5 aromatic heterocycles. The molecule has 0 aliphatic rings. The van der Waals surface area contributed by atoms with Crippen molar-refractivity contribution >= 4 is 130 Å². The number of hydrogen-bond donors (Lipinski definition) is 0. The monoisotopic (exact) mass is 1870 g/mol. The first-order valence-electron chi connectivity index (χ1n) is 49.8. The quantitative estimate of drug-likeness (QED) is 0.0789. The van der Waals surface area contributed by atoms with Crippen LogP contribution in [0.4, 0.5) is 0 Å². The minimum absolute atomic E-state index is 0.585. The summed E-state index contributed by atoms with van der Waals surface area (Å²) < 4.78 is 6.86. The lowest BCUT2D eigenvalue weighted by molar-refractivity contribution is 0.953. The summed E-state index contributed by atoms with van der Waals surface area (Å²) in [6.45, 7) is 0. The molecule has 0 saturated carbocycles. The number of para-hydroxylation sites is 6. The van der Waals surface area contributed by atoms with Gasteiger partial charge in [-0.3, -0.25) is 9.13 Å². The van der Waals surface area contributed by atoms with Gasteiger partial charge in [0.15, 0.2) is 29.1 Å². The lowest BCUT2D eigenvalue weighted by Crippen LogP contribution is -2.07. The fraction of sp³-hybridized carbons (Fsp3) is 0. The second kappa shape index (κ2) is 37.0. The Morgan fingerprint density at radius 2 is 0.435 bits per heavy atom. The lowest BCUT2D eigenvalue weighted by Gasteiger charge is -2.19. The third-order valence-electron chi connectivity index (χ3n) is 28.6. The minimum Gasteiger partial charge on any atom is -0.307 e. The largest absolute Gasteiger partial charge is 0.307 e. The Morgan fingerprint density at radius 3 is 0.932 bits per heavy atom. The van der Waals surface area contributed by atoms with E-state index < -0.39 is 0 Å². The van der Waals surface area contributed by atoms with Crippen LogP contribution in [-0.2, 0) is 0 Å². The predicted octanol–water partition coefficient (Wildman–Crippen LogP) is 35.4. The molecule has 10 heteroatoms. The highest BCUT2D eigenvalue weighted by Crippen LogP contribution is 2.49. The molecule has 0 aliphatic carbocycles. The van der Waals surface area contributed by atoms with E-state index in [1.165, 1.54) is 125 Å². The van der Waals surface area contributed by atoms with Crippen molar-refractivity contribution in [3.8, 4) is 141 Å². The summed E-state index contributed by atoms with van der Waals surface area (Å²) in [6.07, 6.45) is 0. The van der Waals surface area contributed by atoms with Crippen LogP contribution in [0.5, 0.6) is 0 Å². The Balaban J connectivity index is 0.000000110. The number of fused-ring (bicyclic) bond motifs is 18. The normalized spacial score (nSPS) is 11.5. The van der Waals surface area contributed by atoms with Crippen LogP contribution < -0.4 is 0 Å². The summed E-state index contributed by atoms with van der Waals surface area (Å²) in [5.41, 5.74) is 26.4. The van der Waals surface area contributed by atoms with Crippen molar-refractivity contribution in [3.05, 3.63) is 534 Å². The van der Waals surface area contributed by atoms with E-state index in [-0.39, 0.29) is 0 Å². The van der Waals surface area contributed by atoms with Crippen LogP contribution >= 0.6 is 0 Å². The van der Waals surface area contributed by atoms with Crippen LogP contribution in [-0.4, -0.2) is 48.6 Å². The van der Waals surface area contributed by atoms with Crippen molar-refractivity contribution in [1.29, 1.82) is 0 Å². The standard InChI is InChI=1S/C53H34N2.C45H29N3.C39H25N5/c1-2-16-44(17-3-1)55-50-21-11-10-20-49(50)54-53(55)38-26-22-37(23-27-38)41-30-31-47-48(34-41)52(43-29-25-36-13-5-7-15-40(36)33-43)46-19-9-8-18-45(46)51(47)42-28-24-35-12-4-6-14-39(35)32-42;1-3-13-30(14-4-1)43-46-44(31-15-5-2-6-16-31)48-45(47-43)36-20-12-19-34(28-36)32-17-11-18-33(27-32)35-25-26-41-39-23-8-7-21-37(39)38-22-9-10-24-40(38)42(41)29-35;1-4-14-26(15-5-1)37-40-38(27-16-6-2-7-17-27)42-39(41-37)44-34-23-13-11-21-30(34)32-25-24-31-29-20-10-12-22-33(29)43(35(31)36(32)44)28-18-8-3-9-19-28/h1-34H;1-29H;1-25H. The van der Waals surface area contributed by atoms with Gasteiger partial charge in [0.25, 0.3) is 0 Å².